The molecule has 1 aromatic rings. The average molecular weight is 338 g/mol. The molecule has 4 nitrogen and oxygen atoms in total. The Kier molecular flexibility index (Phi) is 5.04. The van der Waals surface area contributed by atoms with Gasteiger partial charge < -0.3 is 0 Å². The van der Waals surface area contributed by atoms with Crippen LogP contribution < -0.4 is 0 Å². The number of sulfonamides is 1. The molecule has 2 rings (SSSR count). The predicted octanol–water partition coefficient (Wildman–Crippen LogP) is 2.78. The van der Waals surface area contributed by atoms with Crippen molar-refractivity contribution in [2.45, 2.75) is 31.7 Å². The first-order valence-electron chi connectivity index (χ1n) is 7.46. The highest BCUT2D eigenvalue weighted by molar-refractivity contribution is 7.89. The first-order chi connectivity index (χ1) is 10.2. The molecule has 1 aromatic carbocycles. The molecule has 0 saturated carbocycles. The number of nitrogens with zero attached hydrogens (tertiary/aromatic N) is 1. The van der Waals surface area contributed by atoms with Gasteiger partial charge in [0, 0.05) is 20.2 Å². The Balaban J connectivity index is 2.16. The van der Waals surface area contributed by atoms with E-state index in [9.17, 15) is 13.2 Å². The van der Waals surface area contributed by atoms with Crippen molar-refractivity contribution in [3.05, 3.63) is 48.0 Å². The number of rotatable bonds is 6. The highest BCUT2D eigenvalue weighted by atomic mass is 32.2. The molecule has 0 spiro atoms. The third-order valence-electron chi connectivity index (χ3n) is 3.71. The highest BCUT2D eigenvalue weighted by Gasteiger charge is 2.36. The van der Waals surface area contributed by atoms with Gasteiger partial charge in [-0.15, -0.1) is 0 Å². The SMILES string of the molecule is C[Si](C)(C)CCS(=O)(=O)N1CC=CC1C(=O)c1ccccc1. The summed E-state index contributed by atoms with van der Waals surface area (Å²) < 4.78 is 26.5. The number of carbonyl (C=O) groups is 1. The van der Waals surface area contributed by atoms with Gasteiger partial charge in [0.1, 0.15) is 6.04 Å². The lowest BCUT2D eigenvalue weighted by atomic mass is 10.1. The molecule has 0 radical (unpaired) electrons. The lowest BCUT2D eigenvalue weighted by Gasteiger charge is -2.25. The van der Waals surface area contributed by atoms with E-state index < -0.39 is 24.1 Å². The fraction of sp³-hybridized carbons (Fsp3) is 0.438. The Morgan fingerprint density at radius 1 is 1.23 bits per heavy atom. The lowest BCUT2D eigenvalue weighted by Crippen LogP contribution is -2.43. The molecule has 0 amide bonds. The highest BCUT2D eigenvalue weighted by Crippen LogP contribution is 2.21. The molecule has 1 unspecified atom stereocenters. The smallest absolute Gasteiger partial charge is 0.215 e. The van der Waals surface area contributed by atoms with Crippen LogP contribution in [-0.4, -0.2) is 44.9 Å². The van der Waals surface area contributed by atoms with Crippen molar-refractivity contribution in [2.24, 2.45) is 0 Å². The molecule has 0 fully saturated rings. The molecule has 1 aliphatic heterocycles. The third kappa shape index (κ3) is 4.15. The van der Waals surface area contributed by atoms with E-state index in [1.165, 1.54) is 4.31 Å². The standard InChI is InChI=1S/C16H23NO3SSi/c1-22(2,3)13-12-21(19,20)17-11-7-10-15(17)16(18)14-8-5-4-6-9-14/h4-10,15H,11-13H2,1-3H3. The Morgan fingerprint density at radius 3 is 2.45 bits per heavy atom. The number of Topliss-reactive ketones (excluding diaryl/α,β-unsaturated/α-hetero) is 1. The lowest BCUT2D eigenvalue weighted by molar-refractivity contribution is 0.0937. The maximum atomic E-state index is 12.6. The van der Waals surface area contributed by atoms with Gasteiger partial charge in [0.25, 0.3) is 0 Å². The van der Waals surface area contributed by atoms with E-state index in [2.05, 4.69) is 19.6 Å². The fourth-order valence-corrected chi connectivity index (χ4v) is 6.87. The minimum atomic E-state index is -3.41. The maximum absolute atomic E-state index is 12.6. The van der Waals surface area contributed by atoms with E-state index >= 15 is 0 Å². The van der Waals surface area contributed by atoms with Gasteiger partial charge in [0.05, 0.1) is 5.75 Å². The van der Waals surface area contributed by atoms with Gasteiger partial charge >= 0.3 is 0 Å². The summed E-state index contributed by atoms with van der Waals surface area (Å²) in [7, 11) is -4.85. The molecular formula is C16H23NO3SSi. The summed E-state index contributed by atoms with van der Waals surface area (Å²) in [6.07, 6.45) is 3.46. The van der Waals surface area contributed by atoms with Crippen LogP contribution in [0.5, 0.6) is 0 Å². The number of hydrogen-bond acceptors (Lipinski definition) is 3. The Hall–Kier alpha value is -1.24. The van der Waals surface area contributed by atoms with Crippen molar-refractivity contribution in [1.29, 1.82) is 0 Å². The Morgan fingerprint density at radius 2 is 1.86 bits per heavy atom. The predicted molar refractivity (Wildman–Crippen MR) is 92.3 cm³/mol. The van der Waals surface area contributed by atoms with E-state index in [-0.39, 0.29) is 18.1 Å². The topological polar surface area (TPSA) is 54.5 Å². The Labute approximate surface area is 133 Å². The number of carbonyl (C=O) groups excluding carboxylic acids is 1. The quantitative estimate of drug-likeness (QED) is 0.456. The van der Waals surface area contributed by atoms with E-state index in [1.807, 2.05) is 6.07 Å². The number of ketones is 1. The molecular weight excluding hydrogens is 314 g/mol. The van der Waals surface area contributed by atoms with Gasteiger partial charge in [-0.25, -0.2) is 8.42 Å². The molecule has 0 aromatic heterocycles. The molecule has 22 heavy (non-hydrogen) atoms. The van der Waals surface area contributed by atoms with Crippen LogP contribution in [0.1, 0.15) is 10.4 Å². The molecule has 1 atom stereocenters. The average Bonchev–Trinajstić information content (AvgIpc) is 2.95. The summed E-state index contributed by atoms with van der Waals surface area (Å²) in [6, 6.07) is 8.87. The van der Waals surface area contributed by atoms with Crippen LogP contribution in [0, 0.1) is 0 Å². The zero-order valence-electron chi connectivity index (χ0n) is 13.3. The van der Waals surface area contributed by atoms with Crippen LogP contribution in [0.25, 0.3) is 0 Å². The van der Waals surface area contributed by atoms with Crippen molar-refractivity contribution >= 4 is 23.9 Å². The van der Waals surface area contributed by atoms with Crippen LogP contribution in [0.4, 0.5) is 0 Å². The van der Waals surface area contributed by atoms with Crippen molar-refractivity contribution in [3.8, 4) is 0 Å². The van der Waals surface area contributed by atoms with Gasteiger partial charge in [-0.2, -0.15) is 4.31 Å². The third-order valence-corrected chi connectivity index (χ3v) is 7.63. The van der Waals surface area contributed by atoms with Crippen molar-refractivity contribution in [1.82, 2.24) is 4.31 Å². The Bertz CT molecular complexity index is 662. The molecule has 1 aliphatic rings. The van der Waals surface area contributed by atoms with Gasteiger partial charge in [-0.05, 0) is 6.04 Å². The van der Waals surface area contributed by atoms with Crippen molar-refractivity contribution in [3.63, 3.8) is 0 Å². The molecule has 0 bridgehead atoms. The monoisotopic (exact) mass is 337 g/mol. The van der Waals surface area contributed by atoms with E-state index in [0.29, 0.717) is 11.6 Å². The summed E-state index contributed by atoms with van der Waals surface area (Å²) in [5, 5.41) is 0. The fourth-order valence-electron chi connectivity index (χ4n) is 2.33. The number of hydrogen-bond donors (Lipinski definition) is 0. The van der Waals surface area contributed by atoms with Gasteiger partial charge in [0.2, 0.25) is 10.0 Å². The second kappa shape index (κ2) is 6.48. The zero-order chi connectivity index (χ0) is 16.4. The maximum Gasteiger partial charge on any atom is 0.215 e. The van der Waals surface area contributed by atoms with Crippen LogP contribution in [0.15, 0.2) is 42.5 Å². The number of benzene rings is 1. The van der Waals surface area contributed by atoms with E-state index in [4.69, 9.17) is 0 Å². The largest absolute Gasteiger partial charge is 0.292 e. The first kappa shape index (κ1) is 17.1. The normalized spacial score (nSPS) is 19.5. The summed E-state index contributed by atoms with van der Waals surface area (Å²) in [5.41, 5.74) is 0.546. The van der Waals surface area contributed by atoms with Gasteiger partial charge in [-0.3, -0.25) is 4.79 Å². The summed E-state index contributed by atoms with van der Waals surface area (Å²) in [5.74, 6) is -0.0332. The molecule has 0 saturated heterocycles. The van der Waals surface area contributed by atoms with Crippen LogP contribution in [0.2, 0.25) is 25.7 Å². The van der Waals surface area contributed by atoms with Crippen LogP contribution >= 0.6 is 0 Å². The molecule has 1 heterocycles. The van der Waals surface area contributed by atoms with Gasteiger partial charge in [-0.1, -0.05) is 62.1 Å². The summed E-state index contributed by atoms with van der Waals surface area (Å²) in [4.78, 5) is 12.6. The van der Waals surface area contributed by atoms with Crippen molar-refractivity contribution < 1.29 is 13.2 Å². The zero-order valence-corrected chi connectivity index (χ0v) is 15.1. The van der Waals surface area contributed by atoms with Crippen molar-refractivity contribution in [2.75, 3.05) is 12.3 Å². The van der Waals surface area contributed by atoms with E-state index in [1.54, 1.807) is 36.4 Å². The molecule has 120 valence electrons. The first-order valence-corrected chi connectivity index (χ1v) is 12.8. The molecule has 0 aliphatic carbocycles. The molecule has 0 N–H and O–H groups in total. The van der Waals surface area contributed by atoms with Gasteiger partial charge in [0.15, 0.2) is 5.78 Å². The summed E-state index contributed by atoms with van der Waals surface area (Å²) >= 11 is 0. The second-order valence-electron chi connectivity index (χ2n) is 6.80. The molecule has 6 heteroatoms. The summed E-state index contributed by atoms with van der Waals surface area (Å²) in [6.45, 7) is 6.74. The minimum absolute atomic E-state index is 0.128. The second-order valence-corrected chi connectivity index (χ2v) is 14.5. The minimum Gasteiger partial charge on any atom is -0.292 e. The van der Waals surface area contributed by atoms with Crippen LogP contribution in [-0.2, 0) is 10.0 Å². The van der Waals surface area contributed by atoms with Crippen LogP contribution in [0.3, 0.4) is 0 Å². The van der Waals surface area contributed by atoms with E-state index in [0.717, 1.165) is 0 Å².